The van der Waals surface area contributed by atoms with Crippen molar-refractivity contribution in [3.8, 4) is 0 Å². The Bertz CT molecular complexity index is 513. The molecule has 0 amide bonds. The van der Waals surface area contributed by atoms with Crippen LogP contribution in [0, 0.1) is 13.8 Å². The van der Waals surface area contributed by atoms with Gasteiger partial charge in [-0.3, -0.25) is 4.68 Å². The van der Waals surface area contributed by atoms with Gasteiger partial charge in [-0.05, 0) is 46.0 Å². The second-order valence-corrected chi connectivity index (χ2v) is 4.59. The number of hydrogen-bond donors (Lipinski definition) is 1. The van der Waals surface area contributed by atoms with Gasteiger partial charge in [0.1, 0.15) is 11.5 Å². The summed E-state index contributed by atoms with van der Waals surface area (Å²) in [7, 11) is 1.96. The first kappa shape index (κ1) is 12.9. The molecule has 1 atom stereocenters. The molecule has 2 aromatic rings. The van der Waals surface area contributed by atoms with Crippen LogP contribution in [0.4, 0.5) is 0 Å². The van der Waals surface area contributed by atoms with E-state index >= 15 is 0 Å². The van der Waals surface area contributed by atoms with E-state index in [1.807, 2.05) is 33.0 Å². The number of aryl methyl sites for hydroxylation is 3. The highest BCUT2D eigenvalue weighted by Crippen LogP contribution is 2.20. The molecule has 1 N–H and O–H groups in total. The number of furan rings is 1. The second-order valence-electron chi connectivity index (χ2n) is 4.59. The number of rotatable bonds is 5. The van der Waals surface area contributed by atoms with Gasteiger partial charge in [-0.2, -0.15) is 5.10 Å². The molecule has 98 valence electrons. The summed E-state index contributed by atoms with van der Waals surface area (Å²) in [4.78, 5) is 0. The van der Waals surface area contributed by atoms with Crippen LogP contribution in [0.2, 0.25) is 0 Å². The molecule has 2 aromatic heterocycles. The predicted octanol–water partition coefficient (Wildman–Crippen LogP) is 2.62. The molecule has 0 fully saturated rings. The van der Waals surface area contributed by atoms with Crippen LogP contribution in [0.15, 0.2) is 22.6 Å². The van der Waals surface area contributed by atoms with Gasteiger partial charge in [-0.15, -0.1) is 0 Å². The third-order valence-electron chi connectivity index (χ3n) is 3.15. The average Bonchev–Trinajstić information content (AvgIpc) is 2.92. The van der Waals surface area contributed by atoms with E-state index in [2.05, 4.69) is 28.1 Å². The molecule has 2 heterocycles. The number of aromatic nitrogens is 2. The van der Waals surface area contributed by atoms with Crippen LogP contribution in [-0.2, 0) is 13.0 Å². The van der Waals surface area contributed by atoms with Crippen LogP contribution in [0.1, 0.15) is 35.9 Å². The van der Waals surface area contributed by atoms with Crippen LogP contribution in [0.5, 0.6) is 0 Å². The Labute approximate surface area is 108 Å². The van der Waals surface area contributed by atoms with Crippen molar-refractivity contribution in [3.05, 3.63) is 41.1 Å². The fourth-order valence-corrected chi connectivity index (χ4v) is 2.23. The van der Waals surface area contributed by atoms with E-state index in [0.29, 0.717) is 0 Å². The summed E-state index contributed by atoms with van der Waals surface area (Å²) < 4.78 is 7.75. The van der Waals surface area contributed by atoms with Gasteiger partial charge in [0.15, 0.2) is 0 Å². The Morgan fingerprint density at radius 2 is 2.17 bits per heavy atom. The van der Waals surface area contributed by atoms with E-state index in [9.17, 15) is 0 Å². The molecule has 0 aliphatic rings. The summed E-state index contributed by atoms with van der Waals surface area (Å²) in [6.07, 6.45) is 0.887. The summed E-state index contributed by atoms with van der Waals surface area (Å²) in [5, 5.41) is 7.78. The zero-order valence-electron chi connectivity index (χ0n) is 11.5. The lowest BCUT2D eigenvalue weighted by atomic mass is 10.1. The number of likely N-dealkylation sites (N-methyl/N-ethyl adjacent to an activating group) is 1. The molecule has 0 bridgehead atoms. The van der Waals surface area contributed by atoms with Crippen LogP contribution in [-0.4, -0.2) is 16.8 Å². The maximum absolute atomic E-state index is 5.70. The first-order chi connectivity index (χ1) is 8.63. The molecular weight excluding hydrogens is 226 g/mol. The lowest BCUT2D eigenvalue weighted by Crippen LogP contribution is -2.20. The quantitative estimate of drug-likeness (QED) is 0.883. The maximum Gasteiger partial charge on any atom is 0.121 e. The second kappa shape index (κ2) is 5.40. The van der Waals surface area contributed by atoms with Gasteiger partial charge < -0.3 is 9.73 Å². The smallest absolute Gasteiger partial charge is 0.121 e. The van der Waals surface area contributed by atoms with Gasteiger partial charge >= 0.3 is 0 Å². The number of hydrogen-bond acceptors (Lipinski definition) is 3. The van der Waals surface area contributed by atoms with Crippen molar-refractivity contribution in [2.75, 3.05) is 7.05 Å². The van der Waals surface area contributed by atoms with Crippen molar-refractivity contribution in [3.63, 3.8) is 0 Å². The number of nitrogens with one attached hydrogen (secondary N) is 1. The minimum absolute atomic E-state index is 0.195. The summed E-state index contributed by atoms with van der Waals surface area (Å²) in [6, 6.07) is 6.38. The van der Waals surface area contributed by atoms with Crippen molar-refractivity contribution >= 4 is 0 Å². The summed E-state index contributed by atoms with van der Waals surface area (Å²) >= 11 is 0. The minimum Gasteiger partial charge on any atom is -0.465 e. The Kier molecular flexibility index (Phi) is 3.87. The fourth-order valence-electron chi connectivity index (χ4n) is 2.23. The van der Waals surface area contributed by atoms with Gasteiger partial charge in [-0.1, -0.05) is 0 Å². The first-order valence-electron chi connectivity index (χ1n) is 6.41. The normalized spacial score (nSPS) is 12.9. The topological polar surface area (TPSA) is 43.0 Å². The molecule has 0 saturated heterocycles. The van der Waals surface area contributed by atoms with Crippen LogP contribution in [0.25, 0.3) is 0 Å². The lowest BCUT2D eigenvalue weighted by Gasteiger charge is -2.14. The maximum atomic E-state index is 5.70. The molecule has 0 radical (unpaired) electrons. The van der Waals surface area contributed by atoms with Crippen molar-refractivity contribution in [2.24, 2.45) is 0 Å². The highest BCUT2D eigenvalue weighted by atomic mass is 16.3. The SMILES string of the molecule is CCn1nc(C)cc1CC(NC)c1ccc(C)o1. The van der Waals surface area contributed by atoms with E-state index in [1.165, 1.54) is 5.69 Å². The molecule has 0 aliphatic heterocycles. The molecule has 0 aromatic carbocycles. The summed E-state index contributed by atoms with van der Waals surface area (Å²) in [5.74, 6) is 1.93. The van der Waals surface area contributed by atoms with Gasteiger partial charge in [-0.25, -0.2) is 0 Å². The third-order valence-corrected chi connectivity index (χ3v) is 3.15. The Morgan fingerprint density at radius 3 is 2.72 bits per heavy atom. The largest absolute Gasteiger partial charge is 0.465 e. The van der Waals surface area contributed by atoms with E-state index in [0.717, 1.165) is 30.2 Å². The lowest BCUT2D eigenvalue weighted by molar-refractivity contribution is 0.408. The van der Waals surface area contributed by atoms with Gasteiger partial charge in [0.2, 0.25) is 0 Å². The van der Waals surface area contributed by atoms with Gasteiger partial charge in [0.05, 0.1) is 11.7 Å². The Morgan fingerprint density at radius 1 is 1.39 bits per heavy atom. The third kappa shape index (κ3) is 2.64. The van der Waals surface area contributed by atoms with Crippen molar-refractivity contribution in [2.45, 2.75) is 39.8 Å². The van der Waals surface area contributed by atoms with E-state index in [-0.39, 0.29) is 6.04 Å². The molecule has 0 aliphatic carbocycles. The molecule has 1 unspecified atom stereocenters. The van der Waals surface area contributed by atoms with Gasteiger partial charge in [0.25, 0.3) is 0 Å². The van der Waals surface area contributed by atoms with Crippen LogP contribution in [0.3, 0.4) is 0 Å². The molecule has 4 heteroatoms. The van der Waals surface area contributed by atoms with Crippen molar-refractivity contribution in [1.29, 1.82) is 0 Å². The molecule has 4 nitrogen and oxygen atoms in total. The van der Waals surface area contributed by atoms with Gasteiger partial charge in [0, 0.05) is 18.7 Å². The zero-order valence-corrected chi connectivity index (χ0v) is 11.5. The molecule has 0 saturated carbocycles. The standard InChI is InChI=1S/C14H21N3O/c1-5-17-12(8-10(2)16-17)9-13(15-4)14-7-6-11(3)18-14/h6-8,13,15H,5,9H2,1-4H3. The molecule has 0 spiro atoms. The van der Waals surface area contributed by atoms with E-state index in [4.69, 9.17) is 4.42 Å². The highest BCUT2D eigenvalue weighted by Gasteiger charge is 2.16. The van der Waals surface area contributed by atoms with Crippen LogP contribution >= 0.6 is 0 Å². The summed E-state index contributed by atoms with van der Waals surface area (Å²) in [5.41, 5.74) is 2.31. The summed E-state index contributed by atoms with van der Waals surface area (Å²) in [6.45, 7) is 7.01. The van der Waals surface area contributed by atoms with Crippen molar-refractivity contribution in [1.82, 2.24) is 15.1 Å². The zero-order chi connectivity index (χ0) is 13.1. The fraction of sp³-hybridized carbons (Fsp3) is 0.500. The Balaban J connectivity index is 2.19. The van der Waals surface area contributed by atoms with E-state index in [1.54, 1.807) is 0 Å². The average molecular weight is 247 g/mol. The molecule has 2 rings (SSSR count). The molecular formula is C14H21N3O. The van der Waals surface area contributed by atoms with Crippen molar-refractivity contribution < 1.29 is 4.42 Å². The number of nitrogens with zero attached hydrogens (tertiary/aromatic N) is 2. The Hall–Kier alpha value is -1.55. The highest BCUT2D eigenvalue weighted by molar-refractivity contribution is 5.16. The minimum atomic E-state index is 0.195. The van der Waals surface area contributed by atoms with E-state index < -0.39 is 0 Å². The first-order valence-corrected chi connectivity index (χ1v) is 6.41. The monoisotopic (exact) mass is 247 g/mol. The van der Waals surface area contributed by atoms with Crippen LogP contribution < -0.4 is 5.32 Å². The molecule has 18 heavy (non-hydrogen) atoms. The predicted molar refractivity (Wildman–Crippen MR) is 71.6 cm³/mol.